The zero-order chi connectivity index (χ0) is 17.4. The van der Waals surface area contributed by atoms with Crippen LogP contribution in [-0.4, -0.2) is 15.0 Å². The first-order chi connectivity index (χ1) is 12.1. The van der Waals surface area contributed by atoms with E-state index in [0.29, 0.717) is 23.3 Å². The summed E-state index contributed by atoms with van der Waals surface area (Å²) in [7, 11) is 0. The Morgan fingerprint density at radius 2 is 2.12 bits per heavy atom. The lowest BCUT2D eigenvalue weighted by atomic mass is 9.91. The lowest BCUT2D eigenvalue weighted by Crippen LogP contribution is -2.03. The Balaban J connectivity index is 1.98. The molecule has 0 aromatic carbocycles. The van der Waals surface area contributed by atoms with Crippen molar-refractivity contribution in [2.45, 2.75) is 13.3 Å². The third-order valence-electron chi connectivity index (χ3n) is 4.29. The molecule has 5 heteroatoms. The van der Waals surface area contributed by atoms with Crippen LogP contribution in [0, 0.1) is 5.92 Å². The minimum absolute atomic E-state index is 0.223. The van der Waals surface area contributed by atoms with Crippen molar-refractivity contribution in [2.75, 3.05) is 0 Å². The van der Waals surface area contributed by atoms with Crippen LogP contribution in [-0.2, 0) is 0 Å². The second-order valence-electron chi connectivity index (χ2n) is 6.19. The highest BCUT2D eigenvalue weighted by atomic mass is 79.9. The summed E-state index contributed by atoms with van der Waals surface area (Å²) in [4.78, 5) is 13.3. The number of fused-ring (bicyclic) bond motifs is 1. The average Bonchev–Trinajstić information content (AvgIpc) is 2.63. The smallest absolute Gasteiger partial charge is 0.160 e. The molecule has 0 aliphatic heterocycles. The van der Waals surface area contributed by atoms with E-state index in [-0.39, 0.29) is 11.7 Å². The molecule has 3 nitrogen and oxygen atoms in total. The van der Waals surface area contributed by atoms with Crippen LogP contribution >= 0.6 is 15.9 Å². The van der Waals surface area contributed by atoms with E-state index < -0.39 is 0 Å². The predicted octanol–water partition coefficient (Wildman–Crippen LogP) is 5.73. The molecule has 4 rings (SSSR count). The van der Waals surface area contributed by atoms with Crippen LogP contribution in [0.1, 0.15) is 19.0 Å². The van der Waals surface area contributed by atoms with Crippen molar-refractivity contribution in [1.82, 2.24) is 15.0 Å². The molecule has 3 aromatic heterocycles. The molecule has 0 spiro atoms. The van der Waals surface area contributed by atoms with E-state index >= 15 is 0 Å². The molecule has 124 valence electrons. The van der Waals surface area contributed by atoms with Crippen molar-refractivity contribution in [1.29, 1.82) is 0 Å². The molecule has 0 fully saturated rings. The van der Waals surface area contributed by atoms with Gasteiger partial charge in [0.15, 0.2) is 5.65 Å². The molecule has 0 saturated carbocycles. The summed E-state index contributed by atoms with van der Waals surface area (Å²) in [5, 5.41) is 0.923. The number of allylic oxidation sites excluding steroid dienone is 4. The molecule has 1 aliphatic carbocycles. The van der Waals surface area contributed by atoms with Crippen LogP contribution in [0.2, 0.25) is 0 Å². The van der Waals surface area contributed by atoms with Crippen LogP contribution in [0.4, 0.5) is 4.39 Å². The predicted molar refractivity (Wildman–Crippen MR) is 101 cm³/mol. The molecular formula is C20H15BrFN3. The van der Waals surface area contributed by atoms with Gasteiger partial charge >= 0.3 is 0 Å². The van der Waals surface area contributed by atoms with Gasteiger partial charge in [-0.15, -0.1) is 0 Å². The Morgan fingerprint density at radius 3 is 2.96 bits per heavy atom. The van der Waals surface area contributed by atoms with Gasteiger partial charge in [0.05, 0.1) is 5.69 Å². The molecule has 0 amide bonds. The lowest BCUT2D eigenvalue weighted by Gasteiger charge is -2.17. The van der Waals surface area contributed by atoms with Crippen molar-refractivity contribution in [2.24, 2.45) is 5.92 Å². The van der Waals surface area contributed by atoms with E-state index in [2.05, 4.69) is 37.8 Å². The second-order valence-corrected chi connectivity index (χ2v) is 7.10. The van der Waals surface area contributed by atoms with Crippen LogP contribution in [0.5, 0.6) is 0 Å². The molecule has 25 heavy (non-hydrogen) atoms. The maximum atomic E-state index is 14.4. The summed E-state index contributed by atoms with van der Waals surface area (Å²) >= 11 is 3.46. The number of hydrogen-bond donors (Lipinski definition) is 0. The fraction of sp³-hybridized carbons (Fsp3) is 0.150. The molecule has 0 radical (unpaired) electrons. The summed E-state index contributed by atoms with van der Waals surface area (Å²) in [6.07, 6.45) is 9.29. The number of pyridine rings is 3. The first-order valence-corrected chi connectivity index (χ1v) is 8.85. The second kappa shape index (κ2) is 6.48. The van der Waals surface area contributed by atoms with E-state index in [1.807, 2.05) is 30.3 Å². The van der Waals surface area contributed by atoms with Crippen molar-refractivity contribution in [3.63, 3.8) is 0 Å². The van der Waals surface area contributed by atoms with Crippen molar-refractivity contribution < 1.29 is 4.39 Å². The van der Waals surface area contributed by atoms with E-state index in [9.17, 15) is 4.39 Å². The minimum atomic E-state index is -0.223. The molecular weight excluding hydrogens is 381 g/mol. The highest BCUT2D eigenvalue weighted by Crippen LogP contribution is 2.35. The van der Waals surface area contributed by atoms with Crippen molar-refractivity contribution in [3.8, 4) is 11.1 Å². The Kier molecular flexibility index (Phi) is 4.17. The van der Waals surface area contributed by atoms with Crippen LogP contribution in [0.25, 0.3) is 27.7 Å². The molecule has 0 bridgehead atoms. The van der Waals surface area contributed by atoms with Gasteiger partial charge < -0.3 is 0 Å². The van der Waals surface area contributed by atoms with Gasteiger partial charge in [0.1, 0.15) is 5.83 Å². The van der Waals surface area contributed by atoms with Gasteiger partial charge in [-0.3, -0.25) is 4.98 Å². The van der Waals surface area contributed by atoms with Crippen molar-refractivity contribution in [3.05, 3.63) is 71.0 Å². The van der Waals surface area contributed by atoms with E-state index in [4.69, 9.17) is 0 Å². The number of nitrogens with zero attached hydrogens (tertiary/aromatic N) is 3. The SMILES string of the molecule is CC1C=CC(F)=C(c2cc(-c3cncc(Br)c3)c3cccnc3n2)C1. The van der Waals surface area contributed by atoms with E-state index in [0.717, 1.165) is 21.0 Å². The number of hydrogen-bond acceptors (Lipinski definition) is 3. The normalized spacial score (nSPS) is 17.3. The monoisotopic (exact) mass is 395 g/mol. The maximum absolute atomic E-state index is 14.4. The number of aromatic nitrogens is 3. The highest BCUT2D eigenvalue weighted by Gasteiger charge is 2.19. The third kappa shape index (κ3) is 3.12. The van der Waals surface area contributed by atoms with E-state index in [1.165, 1.54) is 6.08 Å². The highest BCUT2D eigenvalue weighted by molar-refractivity contribution is 9.10. The van der Waals surface area contributed by atoms with Gasteiger partial charge in [-0.25, -0.2) is 14.4 Å². The Hall–Kier alpha value is -2.40. The quantitative estimate of drug-likeness (QED) is 0.555. The van der Waals surface area contributed by atoms with Gasteiger partial charge in [-0.1, -0.05) is 13.0 Å². The standard InChI is InChI=1S/C20H15BrFN3/c1-12-4-5-18(22)17(7-12)19-9-16(13-8-14(21)11-23-10-13)15-3-2-6-24-20(15)25-19/h2-6,8-12H,7H2,1H3. The molecule has 0 N–H and O–H groups in total. The van der Waals surface area contributed by atoms with Gasteiger partial charge in [-0.05, 0) is 64.2 Å². The Labute approximate surface area is 153 Å². The van der Waals surface area contributed by atoms with Crippen LogP contribution in [0.3, 0.4) is 0 Å². The largest absolute Gasteiger partial charge is 0.263 e. The summed E-state index contributed by atoms with van der Waals surface area (Å²) in [5.41, 5.74) is 3.76. The van der Waals surface area contributed by atoms with Gasteiger partial charge in [0.2, 0.25) is 0 Å². The average molecular weight is 396 g/mol. The van der Waals surface area contributed by atoms with Gasteiger partial charge in [0.25, 0.3) is 0 Å². The number of halogens is 2. The minimum Gasteiger partial charge on any atom is -0.263 e. The van der Waals surface area contributed by atoms with Crippen molar-refractivity contribution >= 4 is 32.5 Å². The summed E-state index contributed by atoms with van der Waals surface area (Å²) < 4.78 is 15.3. The summed E-state index contributed by atoms with van der Waals surface area (Å²) in [6, 6.07) is 7.79. The maximum Gasteiger partial charge on any atom is 0.160 e. The first-order valence-electron chi connectivity index (χ1n) is 8.06. The molecule has 3 aromatic rings. The third-order valence-corrected chi connectivity index (χ3v) is 4.73. The Bertz CT molecular complexity index is 1030. The van der Waals surface area contributed by atoms with Crippen LogP contribution in [0.15, 0.2) is 65.3 Å². The Morgan fingerprint density at radius 1 is 1.24 bits per heavy atom. The number of rotatable bonds is 2. The molecule has 1 atom stereocenters. The van der Waals surface area contributed by atoms with Crippen LogP contribution < -0.4 is 0 Å². The van der Waals surface area contributed by atoms with Gasteiger partial charge in [0, 0.05) is 39.6 Å². The molecule has 3 heterocycles. The van der Waals surface area contributed by atoms with Gasteiger partial charge in [-0.2, -0.15) is 0 Å². The lowest BCUT2D eigenvalue weighted by molar-refractivity contribution is 0.634. The molecule has 0 saturated heterocycles. The zero-order valence-electron chi connectivity index (χ0n) is 13.6. The van der Waals surface area contributed by atoms with E-state index in [1.54, 1.807) is 18.6 Å². The molecule has 1 aliphatic rings. The fourth-order valence-corrected chi connectivity index (χ4v) is 3.44. The fourth-order valence-electron chi connectivity index (χ4n) is 3.07. The zero-order valence-corrected chi connectivity index (χ0v) is 15.2. The first kappa shape index (κ1) is 16.1. The summed E-state index contributed by atoms with van der Waals surface area (Å²) in [5.74, 6) is 0.0610. The molecule has 1 unspecified atom stereocenters. The summed E-state index contributed by atoms with van der Waals surface area (Å²) in [6.45, 7) is 2.07. The topological polar surface area (TPSA) is 38.7 Å².